The van der Waals surface area contributed by atoms with Crippen LogP contribution in [0, 0.1) is 12.3 Å². The van der Waals surface area contributed by atoms with Gasteiger partial charge in [-0.05, 0) is 13.3 Å². The summed E-state index contributed by atoms with van der Waals surface area (Å²) < 4.78 is 42.8. The molecular formula is C16H25NO10S. The van der Waals surface area contributed by atoms with E-state index < -0.39 is 46.6 Å². The minimum absolute atomic E-state index is 0.00125. The quantitative estimate of drug-likeness (QED) is 0.278. The maximum atomic E-state index is 12.0. The van der Waals surface area contributed by atoms with E-state index in [1.54, 1.807) is 0 Å². The fourth-order valence-electron chi connectivity index (χ4n) is 1.93. The summed E-state index contributed by atoms with van der Waals surface area (Å²) >= 11 is 0. The molecule has 0 fully saturated rings. The molecule has 0 bridgehead atoms. The molecule has 28 heavy (non-hydrogen) atoms. The smallest absolute Gasteiger partial charge is 0.455 e. The molecule has 11 nitrogen and oxygen atoms in total. The van der Waals surface area contributed by atoms with Crippen LogP contribution >= 0.6 is 0 Å². The summed E-state index contributed by atoms with van der Waals surface area (Å²) in [6.45, 7) is 4.90. The van der Waals surface area contributed by atoms with E-state index in [0.717, 1.165) is 0 Å². The summed E-state index contributed by atoms with van der Waals surface area (Å²) in [6, 6.07) is 0. The topological polar surface area (TPSA) is 162 Å². The van der Waals surface area contributed by atoms with Gasteiger partial charge in [0.2, 0.25) is 5.91 Å². The van der Waals surface area contributed by atoms with Gasteiger partial charge in [0.1, 0.15) is 0 Å². The number of amides is 1. The van der Waals surface area contributed by atoms with Crippen molar-refractivity contribution in [3.05, 3.63) is 22.1 Å². The number of rotatable bonds is 11. The third kappa shape index (κ3) is 7.82. The monoisotopic (exact) mass is 423 g/mol. The van der Waals surface area contributed by atoms with Crippen molar-refractivity contribution in [2.45, 2.75) is 46.8 Å². The lowest BCUT2D eigenvalue weighted by atomic mass is 9.88. The Labute approximate surface area is 162 Å². The Balaban J connectivity index is 2.52. The van der Waals surface area contributed by atoms with E-state index in [-0.39, 0.29) is 36.1 Å². The molecule has 0 aromatic carbocycles. The molecule has 0 radical (unpaired) electrons. The van der Waals surface area contributed by atoms with Crippen LogP contribution in [0.4, 0.5) is 0 Å². The van der Waals surface area contributed by atoms with E-state index in [1.807, 2.05) is 0 Å². The maximum absolute atomic E-state index is 12.0. The summed E-state index contributed by atoms with van der Waals surface area (Å²) in [5.41, 5.74) is -1.28. The van der Waals surface area contributed by atoms with Crippen molar-refractivity contribution < 1.29 is 40.9 Å². The highest BCUT2D eigenvalue weighted by Gasteiger charge is 2.37. The van der Waals surface area contributed by atoms with Gasteiger partial charge in [-0.25, -0.2) is 9.59 Å². The highest BCUT2D eigenvalue weighted by Crippen LogP contribution is 2.24. The molecule has 1 atom stereocenters. The summed E-state index contributed by atoms with van der Waals surface area (Å²) in [5.74, 6) is -2.45. The predicted molar refractivity (Wildman–Crippen MR) is 94.6 cm³/mol. The Morgan fingerprint density at radius 2 is 1.93 bits per heavy atom. The minimum atomic E-state index is -3.91. The number of carbonyl (C=O) groups is 2. The number of carbonyl (C=O) groups excluding carboxylic acids is 2. The average Bonchev–Trinajstić information content (AvgIpc) is 2.91. The number of aliphatic hydroxyl groups excluding tert-OH is 1. The molecule has 0 saturated heterocycles. The zero-order chi connectivity index (χ0) is 21.5. The van der Waals surface area contributed by atoms with Crippen LogP contribution in [0.5, 0.6) is 0 Å². The van der Waals surface area contributed by atoms with Gasteiger partial charge in [-0.15, -0.1) is 0 Å². The molecule has 160 valence electrons. The van der Waals surface area contributed by atoms with Crippen molar-refractivity contribution in [2.24, 2.45) is 5.41 Å². The van der Waals surface area contributed by atoms with E-state index >= 15 is 0 Å². The van der Waals surface area contributed by atoms with Gasteiger partial charge in [-0.1, -0.05) is 13.8 Å². The second-order valence-electron chi connectivity index (χ2n) is 6.79. The van der Waals surface area contributed by atoms with Gasteiger partial charge in [-0.3, -0.25) is 8.98 Å². The molecule has 0 aliphatic rings. The highest BCUT2D eigenvalue weighted by atomic mass is 32.2. The van der Waals surface area contributed by atoms with Gasteiger partial charge in [0.15, 0.2) is 24.2 Å². The average molecular weight is 423 g/mol. The van der Waals surface area contributed by atoms with Crippen LogP contribution < -0.4 is 11.1 Å². The predicted octanol–water partition coefficient (Wildman–Crippen LogP) is -0.156. The molecule has 1 rings (SSSR count). The van der Waals surface area contributed by atoms with Crippen LogP contribution in [0.2, 0.25) is 0 Å². The molecule has 1 amide bonds. The van der Waals surface area contributed by atoms with Gasteiger partial charge < -0.3 is 24.0 Å². The molecule has 0 saturated carbocycles. The minimum Gasteiger partial charge on any atom is -0.455 e. The third-order valence-corrected chi connectivity index (χ3v) is 4.97. The lowest BCUT2D eigenvalue weighted by molar-refractivity contribution is -0.163. The van der Waals surface area contributed by atoms with Crippen LogP contribution in [-0.4, -0.2) is 50.4 Å². The normalized spacial score (nSPS) is 13.2. The standard InChI is InChI=1S/C16H25NO10S/c1-10-12(27-15(21)26-10)8-24-14(20)13(19)16(3,4)9-25-28(22,23)7-5-6-17-11(2)18/h13,19H,5-9H2,1-4H3,(H,17,18)/t13-/m0/s1. The number of nitrogens with one attached hydrogen (secondary N) is 1. The Morgan fingerprint density at radius 3 is 2.46 bits per heavy atom. The fraction of sp³-hybridized carbons (Fsp3) is 0.688. The van der Waals surface area contributed by atoms with Crippen molar-refractivity contribution in [1.29, 1.82) is 0 Å². The SMILES string of the molecule is CC(=O)NCCCS(=O)(=O)OCC(C)(C)[C@@H](O)C(=O)OCc1oc(=O)oc1C. The van der Waals surface area contributed by atoms with Crippen LogP contribution in [-0.2, 0) is 35.2 Å². The van der Waals surface area contributed by atoms with E-state index in [1.165, 1.54) is 27.7 Å². The van der Waals surface area contributed by atoms with E-state index in [0.29, 0.717) is 0 Å². The van der Waals surface area contributed by atoms with Gasteiger partial charge in [0.25, 0.3) is 10.1 Å². The zero-order valence-electron chi connectivity index (χ0n) is 16.1. The molecule has 1 aromatic heterocycles. The summed E-state index contributed by atoms with van der Waals surface area (Å²) in [5, 5.41) is 12.6. The molecule has 2 N–H and O–H groups in total. The number of aryl methyl sites for hydroxylation is 1. The Hall–Kier alpha value is -2.18. The first-order valence-electron chi connectivity index (χ1n) is 8.40. The Bertz CT molecular complexity index is 836. The number of hydrogen-bond donors (Lipinski definition) is 2. The molecule has 0 aliphatic heterocycles. The van der Waals surface area contributed by atoms with Gasteiger partial charge in [-0.2, -0.15) is 8.42 Å². The fourth-order valence-corrected chi connectivity index (χ4v) is 3.03. The summed E-state index contributed by atoms with van der Waals surface area (Å²) in [6.07, 6.45) is -1.54. The number of esters is 1. The first kappa shape index (κ1) is 23.9. The van der Waals surface area contributed by atoms with Crippen molar-refractivity contribution in [3.63, 3.8) is 0 Å². The second kappa shape index (κ2) is 9.85. The van der Waals surface area contributed by atoms with E-state index in [2.05, 4.69) is 14.2 Å². The molecule has 1 aromatic rings. The second-order valence-corrected chi connectivity index (χ2v) is 8.55. The molecule has 0 aliphatic carbocycles. The van der Waals surface area contributed by atoms with Crippen molar-refractivity contribution >= 4 is 22.0 Å². The summed E-state index contributed by atoms with van der Waals surface area (Å²) in [7, 11) is -3.91. The maximum Gasteiger partial charge on any atom is 0.519 e. The first-order chi connectivity index (χ1) is 12.8. The lowest BCUT2D eigenvalue weighted by Gasteiger charge is -2.28. The zero-order valence-corrected chi connectivity index (χ0v) is 17.0. The molecule has 12 heteroatoms. The lowest BCUT2D eigenvalue weighted by Crippen LogP contribution is -2.41. The van der Waals surface area contributed by atoms with Crippen LogP contribution in [0.3, 0.4) is 0 Å². The summed E-state index contributed by atoms with van der Waals surface area (Å²) in [4.78, 5) is 33.7. The van der Waals surface area contributed by atoms with E-state index in [9.17, 15) is 27.9 Å². The van der Waals surface area contributed by atoms with Crippen LogP contribution in [0.25, 0.3) is 0 Å². The largest absolute Gasteiger partial charge is 0.519 e. The first-order valence-corrected chi connectivity index (χ1v) is 9.97. The van der Waals surface area contributed by atoms with Gasteiger partial charge in [0, 0.05) is 18.9 Å². The van der Waals surface area contributed by atoms with Crippen LogP contribution in [0.15, 0.2) is 13.6 Å². The Morgan fingerprint density at radius 1 is 1.29 bits per heavy atom. The van der Waals surface area contributed by atoms with Gasteiger partial charge in [0.05, 0.1) is 12.4 Å². The Kier molecular flexibility index (Phi) is 8.39. The van der Waals surface area contributed by atoms with Crippen molar-refractivity contribution in [1.82, 2.24) is 5.32 Å². The molecule has 0 unspecified atom stereocenters. The molecular weight excluding hydrogens is 398 g/mol. The molecule has 0 spiro atoms. The number of hydrogen-bond acceptors (Lipinski definition) is 10. The number of aliphatic hydroxyl groups is 1. The third-order valence-electron chi connectivity index (χ3n) is 3.70. The van der Waals surface area contributed by atoms with Crippen LogP contribution in [0.1, 0.15) is 38.7 Å². The van der Waals surface area contributed by atoms with Crippen molar-refractivity contribution in [2.75, 3.05) is 18.9 Å². The highest BCUT2D eigenvalue weighted by molar-refractivity contribution is 7.86. The van der Waals surface area contributed by atoms with E-state index in [4.69, 9.17) is 8.92 Å². The number of ether oxygens (including phenoxy) is 1. The van der Waals surface area contributed by atoms with Gasteiger partial charge >= 0.3 is 11.8 Å². The molecule has 1 heterocycles. The van der Waals surface area contributed by atoms with Crippen molar-refractivity contribution in [3.8, 4) is 0 Å².